The number of hydrogen-bond donors (Lipinski definition) is 2. The molecule has 21 heavy (non-hydrogen) atoms. The van der Waals surface area contributed by atoms with Crippen molar-refractivity contribution >= 4 is 35.2 Å². The molecule has 2 rings (SSSR count). The summed E-state index contributed by atoms with van der Waals surface area (Å²) in [6.45, 7) is 0.829. The van der Waals surface area contributed by atoms with E-state index in [0.717, 1.165) is 24.8 Å². The summed E-state index contributed by atoms with van der Waals surface area (Å²) < 4.78 is 0. The van der Waals surface area contributed by atoms with E-state index in [4.69, 9.17) is 23.2 Å². The van der Waals surface area contributed by atoms with Crippen molar-refractivity contribution in [3.05, 3.63) is 39.9 Å². The van der Waals surface area contributed by atoms with E-state index >= 15 is 0 Å². The van der Waals surface area contributed by atoms with Gasteiger partial charge in [0.05, 0.1) is 10.0 Å². The lowest BCUT2D eigenvalue weighted by Gasteiger charge is -2.17. The Kier molecular flexibility index (Phi) is 6.09. The van der Waals surface area contributed by atoms with Crippen LogP contribution in [-0.2, 0) is 4.79 Å². The van der Waals surface area contributed by atoms with Gasteiger partial charge in [0.2, 0.25) is 5.91 Å². The lowest BCUT2D eigenvalue weighted by Crippen LogP contribution is -2.30. The van der Waals surface area contributed by atoms with Crippen LogP contribution >= 0.6 is 23.2 Å². The van der Waals surface area contributed by atoms with Crippen molar-refractivity contribution in [3.8, 4) is 0 Å². The van der Waals surface area contributed by atoms with Gasteiger partial charge in [-0.15, -0.1) is 0 Å². The molecule has 0 radical (unpaired) electrons. The summed E-state index contributed by atoms with van der Waals surface area (Å²) in [5, 5.41) is 13.1. The zero-order valence-electron chi connectivity index (χ0n) is 11.7. The summed E-state index contributed by atoms with van der Waals surface area (Å²) >= 11 is 11.8. The molecule has 0 aliphatic heterocycles. The molecule has 0 heterocycles. The number of carbonyl (C=O) groups excluding carboxylic acids is 1. The number of aliphatic hydroxyl groups is 1. The summed E-state index contributed by atoms with van der Waals surface area (Å²) in [4.78, 5) is 11.8. The first-order chi connectivity index (χ1) is 10.1. The molecule has 2 N–H and O–H groups in total. The molecule has 3 nitrogen and oxygen atoms in total. The third kappa shape index (κ3) is 4.73. The average Bonchev–Trinajstić information content (AvgIpc) is 2.94. The second-order valence-corrected chi connectivity index (χ2v) is 6.20. The standard InChI is InChI=1S/C16H19Cl2NO2/c17-14-6-4-11(8-15(14)18)5-7-16(21)19-9-12-2-1-3-13(12)10-20/h4-8,12-13,20H,1-3,9-10H2,(H,19,21). The van der Waals surface area contributed by atoms with Crippen LogP contribution in [0.2, 0.25) is 10.0 Å². The van der Waals surface area contributed by atoms with Crippen molar-refractivity contribution < 1.29 is 9.90 Å². The van der Waals surface area contributed by atoms with Crippen molar-refractivity contribution in [2.24, 2.45) is 11.8 Å². The molecule has 1 aliphatic rings. The van der Waals surface area contributed by atoms with Gasteiger partial charge in [-0.1, -0.05) is 35.7 Å². The number of halogens is 2. The van der Waals surface area contributed by atoms with E-state index in [-0.39, 0.29) is 12.5 Å². The summed E-state index contributed by atoms with van der Waals surface area (Å²) in [6, 6.07) is 5.22. The summed E-state index contributed by atoms with van der Waals surface area (Å²) in [7, 11) is 0. The topological polar surface area (TPSA) is 49.3 Å². The van der Waals surface area contributed by atoms with Crippen LogP contribution in [0, 0.1) is 11.8 Å². The van der Waals surface area contributed by atoms with Gasteiger partial charge >= 0.3 is 0 Å². The Bertz CT molecular complexity index is 531. The van der Waals surface area contributed by atoms with Crippen molar-refractivity contribution in [2.75, 3.05) is 13.2 Å². The number of benzene rings is 1. The van der Waals surface area contributed by atoms with Crippen LogP contribution in [0.5, 0.6) is 0 Å². The van der Waals surface area contributed by atoms with Gasteiger partial charge < -0.3 is 10.4 Å². The maximum absolute atomic E-state index is 11.8. The summed E-state index contributed by atoms with van der Waals surface area (Å²) in [5.41, 5.74) is 0.827. The van der Waals surface area contributed by atoms with E-state index in [1.807, 2.05) is 0 Å². The number of hydrogen-bond acceptors (Lipinski definition) is 2. The lowest BCUT2D eigenvalue weighted by molar-refractivity contribution is -0.116. The molecule has 2 unspecified atom stereocenters. The van der Waals surface area contributed by atoms with Crippen molar-refractivity contribution in [2.45, 2.75) is 19.3 Å². The third-order valence-corrected chi connectivity index (χ3v) is 4.70. The predicted molar refractivity (Wildman–Crippen MR) is 86.4 cm³/mol. The van der Waals surface area contributed by atoms with E-state index in [1.54, 1.807) is 24.3 Å². The second-order valence-electron chi connectivity index (χ2n) is 5.39. The van der Waals surface area contributed by atoms with E-state index < -0.39 is 0 Å². The second kappa shape index (κ2) is 7.83. The highest BCUT2D eigenvalue weighted by atomic mass is 35.5. The molecule has 5 heteroatoms. The van der Waals surface area contributed by atoms with Crippen LogP contribution in [-0.4, -0.2) is 24.2 Å². The minimum atomic E-state index is -0.135. The Morgan fingerprint density at radius 2 is 2.05 bits per heavy atom. The molecule has 0 saturated heterocycles. The van der Waals surface area contributed by atoms with Crippen molar-refractivity contribution in [1.29, 1.82) is 0 Å². The number of rotatable bonds is 5. The van der Waals surface area contributed by atoms with Crippen LogP contribution in [0.1, 0.15) is 24.8 Å². The first-order valence-corrected chi connectivity index (χ1v) is 7.87. The molecule has 1 saturated carbocycles. The number of aliphatic hydroxyl groups excluding tert-OH is 1. The van der Waals surface area contributed by atoms with E-state index in [9.17, 15) is 9.90 Å². The highest BCUT2D eigenvalue weighted by molar-refractivity contribution is 6.42. The maximum atomic E-state index is 11.8. The lowest BCUT2D eigenvalue weighted by atomic mass is 9.97. The molecule has 2 atom stereocenters. The molecule has 0 bridgehead atoms. The zero-order valence-corrected chi connectivity index (χ0v) is 13.2. The highest BCUT2D eigenvalue weighted by Gasteiger charge is 2.26. The Balaban J connectivity index is 1.83. The predicted octanol–water partition coefficient (Wildman–Crippen LogP) is 3.53. The van der Waals surface area contributed by atoms with Crippen LogP contribution in [0.3, 0.4) is 0 Å². The minimum absolute atomic E-state index is 0.135. The zero-order chi connectivity index (χ0) is 15.2. The number of amides is 1. The van der Waals surface area contributed by atoms with Crippen LogP contribution in [0.15, 0.2) is 24.3 Å². The molecular weight excluding hydrogens is 309 g/mol. The highest BCUT2D eigenvalue weighted by Crippen LogP contribution is 2.30. The smallest absolute Gasteiger partial charge is 0.244 e. The Morgan fingerprint density at radius 3 is 2.76 bits per heavy atom. The minimum Gasteiger partial charge on any atom is -0.396 e. The van der Waals surface area contributed by atoms with Gasteiger partial charge in [-0.2, -0.15) is 0 Å². The van der Waals surface area contributed by atoms with E-state index in [2.05, 4.69) is 5.32 Å². The van der Waals surface area contributed by atoms with Crippen LogP contribution in [0.25, 0.3) is 6.08 Å². The quantitative estimate of drug-likeness (QED) is 0.813. The molecule has 1 amide bonds. The molecule has 1 aliphatic carbocycles. The van der Waals surface area contributed by atoms with Crippen LogP contribution < -0.4 is 5.32 Å². The first-order valence-electron chi connectivity index (χ1n) is 7.12. The molecule has 114 valence electrons. The molecule has 0 aromatic heterocycles. The number of carbonyl (C=O) groups is 1. The van der Waals surface area contributed by atoms with Gasteiger partial charge in [-0.05, 0) is 48.4 Å². The maximum Gasteiger partial charge on any atom is 0.244 e. The fourth-order valence-corrected chi connectivity index (χ4v) is 3.01. The fraction of sp³-hybridized carbons (Fsp3) is 0.438. The largest absolute Gasteiger partial charge is 0.396 e. The molecule has 1 aromatic carbocycles. The van der Waals surface area contributed by atoms with Crippen molar-refractivity contribution in [3.63, 3.8) is 0 Å². The van der Waals surface area contributed by atoms with Gasteiger partial charge in [0.1, 0.15) is 0 Å². The molecule has 0 spiro atoms. The monoisotopic (exact) mass is 327 g/mol. The third-order valence-electron chi connectivity index (χ3n) is 3.96. The summed E-state index contributed by atoms with van der Waals surface area (Å²) in [5.74, 6) is 0.575. The normalized spacial score (nSPS) is 21.9. The fourth-order valence-electron chi connectivity index (χ4n) is 2.70. The summed E-state index contributed by atoms with van der Waals surface area (Å²) in [6.07, 6.45) is 6.45. The van der Waals surface area contributed by atoms with Crippen molar-refractivity contribution in [1.82, 2.24) is 5.32 Å². The number of nitrogens with one attached hydrogen (secondary N) is 1. The average molecular weight is 328 g/mol. The van der Waals surface area contributed by atoms with Gasteiger partial charge in [-0.3, -0.25) is 4.79 Å². The molecule has 1 aromatic rings. The SMILES string of the molecule is O=C(C=Cc1ccc(Cl)c(Cl)c1)NCC1CCCC1CO. The van der Waals surface area contributed by atoms with Gasteiger partial charge in [0.25, 0.3) is 0 Å². The Labute approximate surface area is 134 Å². The van der Waals surface area contributed by atoms with Gasteiger partial charge in [0.15, 0.2) is 0 Å². The van der Waals surface area contributed by atoms with Crippen LogP contribution in [0.4, 0.5) is 0 Å². The Morgan fingerprint density at radius 1 is 1.29 bits per heavy atom. The van der Waals surface area contributed by atoms with E-state index in [1.165, 1.54) is 6.08 Å². The van der Waals surface area contributed by atoms with Gasteiger partial charge in [-0.25, -0.2) is 0 Å². The first kappa shape index (κ1) is 16.3. The molecule has 1 fully saturated rings. The van der Waals surface area contributed by atoms with Gasteiger partial charge in [0, 0.05) is 19.2 Å². The van der Waals surface area contributed by atoms with E-state index in [0.29, 0.717) is 28.4 Å². The Hall–Kier alpha value is -1.03. The molecular formula is C16H19Cl2NO2.